The van der Waals surface area contributed by atoms with Crippen molar-refractivity contribution in [3.05, 3.63) is 28.6 Å². The summed E-state index contributed by atoms with van der Waals surface area (Å²) in [5.41, 5.74) is -0.540. The van der Waals surface area contributed by atoms with E-state index in [4.69, 9.17) is 9.15 Å². The first-order valence-electron chi connectivity index (χ1n) is 4.75. The quantitative estimate of drug-likeness (QED) is 0.754. The topological polar surface area (TPSA) is 79.9 Å². The van der Waals surface area contributed by atoms with Crippen LogP contribution in [-0.4, -0.2) is 16.8 Å². The number of aromatic hydroxyl groups is 2. The first-order chi connectivity index (χ1) is 7.63. The molecule has 2 aromatic rings. The maximum Gasteiger partial charge on any atom is 0.383 e. The molecular formula is C11H10O5. The third-order valence-electron chi connectivity index (χ3n) is 2.11. The van der Waals surface area contributed by atoms with E-state index < -0.39 is 5.63 Å². The van der Waals surface area contributed by atoms with Gasteiger partial charge in [-0.25, -0.2) is 4.79 Å². The molecule has 0 saturated heterocycles. The standard InChI is InChI=1S/C11H10O5/c1-2-15-10-9(13)7-5-6(12)3-4-8(7)16-11(10)14/h3-5,12-13H,2H2,1H3. The van der Waals surface area contributed by atoms with Crippen molar-refractivity contribution in [3.63, 3.8) is 0 Å². The normalized spacial score (nSPS) is 10.6. The van der Waals surface area contributed by atoms with Gasteiger partial charge in [-0.2, -0.15) is 0 Å². The summed E-state index contributed by atoms with van der Waals surface area (Å²) in [5, 5.41) is 19.3. The molecule has 0 bridgehead atoms. The van der Waals surface area contributed by atoms with Crippen molar-refractivity contribution in [1.29, 1.82) is 0 Å². The van der Waals surface area contributed by atoms with E-state index in [2.05, 4.69) is 0 Å². The highest BCUT2D eigenvalue weighted by molar-refractivity contribution is 5.86. The van der Waals surface area contributed by atoms with Gasteiger partial charge in [-0.3, -0.25) is 0 Å². The highest BCUT2D eigenvalue weighted by atomic mass is 16.5. The smallest absolute Gasteiger partial charge is 0.383 e. The Bertz CT molecular complexity index is 585. The molecule has 0 aliphatic rings. The second-order valence-electron chi connectivity index (χ2n) is 3.18. The second kappa shape index (κ2) is 3.77. The van der Waals surface area contributed by atoms with Gasteiger partial charge in [-0.15, -0.1) is 0 Å². The van der Waals surface area contributed by atoms with E-state index in [1.54, 1.807) is 6.92 Å². The van der Waals surface area contributed by atoms with E-state index >= 15 is 0 Å². The van der Waals surface area contributed by atoms with E-state index in [0.29, 0.717) is 0 Å². The van der Waals surface area contributed by atoms with Gasteiger partial charge in [0.25, 0.3) is 0 Å². The largest absolute Gasteiger partial charge is 0.508 e. The van der Waals surface area contributed by atoms with Crippen LogP contribution in [0.15, 0.2) is 27.4 Å². The molecule has 0 aliphatic carbocycles. The number of ether oxygens (including phenoxy) is 1. The summed E-state index contributed by atoms with van der Waals surface area (Å²) in [6, 6.07) is 4.07. The summed E-state index contributed by atoms with van der Waals surface area (Å²) in [5.74, 6) is -0.580. The number of rotatable bonds is 2. The van der Waals surface area contributed by atoms with Gasteiger partial charge >= 0.3 is 5.63 Å². The van der Waals surface area contributed by atoms with Crippen LogP contribution in [0.5, 0.6) is 17.2 Å². The molecule has 0 unspecified atom stereocenters. The van der Waals surface area contributed by atoms with Crippen molar-refractivity contribution in [1.82, 2.24) is 0 Å². The number of hydrogen-bond donors (Lipinski definition) is 2. The summed E-state index contributed by atoms with van der Waals surface area (Å²) in [4.78, 5) is 11.4. The maximum absolute atomic E-state index is 11.4. The highest BCUT2D eigenvalue weighted by Crippen LogP contribution is 2.33. The molecule has 84 valence electrons. The fourth-order valence-corrected chi connectivity index (χ4v) is 1.43. The highest BCUT2D eigenvalue weighted by Gasteiger charge is 2.15. The Morgan fingerprint density at radius 1 is 1.38 bits per heavy atom. The average molecular weight is 222 g/mol. The van der Waals surface area contributed by atoms with Gasteiger partial charge in [-0.05, 0) is 25.1 Å². The Morgan fingerprint density at radius 3 is 2.81 bits per heavy atom. The number of benzene rings is 1. The van der Waals surface area contributed by atoms with Crippen LogP contribution >= 0.6 is 0 Å². The molecule has 0 atom stereocenters. The molecule has 0 amide bonds. The molecule has 0 spiro atoms. The van der Waals surface area contributed by atoms with E-state index in [1.807, 2.05) is 0 Å². The van der Waals surface area contributed by atoms with Crippen LogP contribution in [0.1, 0.15) is 6.92 Å². The Balaban J connectivity index is 2.79. The van der Waals surface area contributed by atoms with Crippen molar-refractivity contribution >= 4 is 11.0 Å². The van der Waals surface area contributed by atoms with E-state index in [0.717, 1.165) is 0 Å². The third kappa shape index (κ3) is 1.56. The van der Waals surface area contributed by atoms with Gasteiger partial charge in [0.1, 0.15) is 11.3 Å². The molecule has 5 nitrogen and oxygen atoms in total. The van der Waals surface area contributed by atoms with Crippen LogP contribution in [0, 0.1) is 0 Å². The molecule has 0 saturated carbocycles. The zero-order valence-electron chi connectivity index (χ0n) is 8.56. The lowest BCUT2D eigenvalue weighted by Crippen LogP contribution is -2.06. The summed E-state index contributed by atoms with van der Waals surface area (Å²) in [7, 11) is 0. The van der Waals surface area contributed by atoms with Crippen molar-refractivity contribution < 1.29 is 19.4 Å². The van der Waals surface area contributed by atoms with Crippen LogP contribution in [0.25, 0.3) is 11.0 Å². The fourth-order valence-electron chi connectivity index (χ4n) is 1.43. The zero-order valence-corrected chi connectivity index (χ0v) is 8.56. The molecule has 0 aliphatic heterocycles. The van der Waals surface area contributed by atoms with Crippen molar-refractivity contribution in [3.8, 4) is 17.2 Å². The van der Waals surface area contributed by atoms with Crippen LogP contribution in [-0.2, 0) is 0 Å². The SMILES string of the molecule is CCOc1c(O)c2cc(O)ccc2oc1=O. The molecule has 2 rings (SSSR count). The fraction of sp³-hybridized carbons (Fsp3) is 0.182. The minimum Gasteiger partial charge on any atom is -0.508 e. The summed E-state index contributed by atoms with van der Waals surface area (Å²) < 4.78 is 9.91. The van der Waals surface area contributed by atoms with Crippen LogP contribution in [0.4, 0.5) is 0 Å². The van der Waals surface area contributed by atoms with Gasteiger partial charge in [0.15, 0.2) is 5.75 Å². The van der Waals surface area contributed by atoms with Gasteiger partial charge in [-0.1, -0.05) is 0 Å². The van der Waals surface area contributed by atoms with E-state index in [1.165, 1.54) is 18.2 Å². The van der Waals surface area contributed by atoms with Crippen LogP contribution in [0.3, 0.4) is 0 Å². The molecule has 1 aromatic heterocycles. The Kier molecular flexibility index (Phi) is 2.44. The van der Waals surface area contributed by atoms with Gasteiger partial charge in [0.2, 0.25) is 5.75 Å². The van der Waals surface area contributed by atoms with E-state index in [-0.39, 0.29) is 34.8 Å². The molecule has 1 aromatic carbocycles. The van der Waals surface area contributed by atoms with Crippen LogP contribution < -0.4 is 10.4 Å². The molecule has 5 heteroatoms. The van der Waals surface area contributed by atoms with Crippen molar-refractivity contribution in [2.24, 2.45) is 0 Å². The number of hydrogen-bond acceptors (Lipinski definition) is 5. The Hall–Kier alpha value is -2.17. The third-order valence-corrected chi connectivity index (χ3v) is 2.11. The summed E-state index contributed by atoms with van der Waals surface area (Å²) >= 11 is 0. The van der Waals surface area contributed by atoms with Gasteiger partial charge in [0, 0.05) is 0 Å². The lowest BCUT2D eigenvalue weighted by Gasteiger charge is -2.06. The number of phenols is 1. The maximum atomic E-state index is 11.4. The second-order valence-corrected chi connectivity index (χ2v) is 3.18. The predicted molar refractivity (Wildman–Crippen MR) is 57.0 cm³/mol. The van der Waals surface area contributed by atoms with Crippen molar-refractivity contribution in [2.75, 3.05) is 6.61 Å². The van der Waals surface area contributed by atoms with E-state index in [9.17, 15) is 15.0 Å². The minimum absolute atomic E-state index is 0.0286. The lowest BCUT2D eigenvalue weighted by molar-refractivity contribution is 0.301. The zero-order chi connectivity index (χ0) is 11.7. The average Bonchev–Trinajstić information content (AvgIpc) is 2.26. The molecule has 2 N–H and O–H groups in total. The van der Waals surface area contributed by atoms with Gasteiger partial charge in [0.05, 0.1) is 12.0 Å². The monoisotopic (exact) mass is 222 g/mol. The Morgan fingerprint density at radius 2 is 2.12 bits per heavy atom. The van der Waals surface area contributed by atoms with Crippen molar-refractivity contribution in [2.45, 2.75) is 6.92 Å². The van der Waals surface area contributed by atoms with Gasteiger partial charge < -0.3 is 19.4 Å². The molecular weight excluding hydrogens is 212 g/mol. The molecule has 0 fully saturated rings. The number of fused-ring (bicyclic) bond motifs is 1. The lowest BCUT2D eigenvalue weighted by atomic mass is 10.2. The first-order valence-corrected chi connectivity index (χ1v) is 4.75. The minimum atomic E-state index is -0.738. The molecule has 1 heterocycles. The first kappa shape index (κ1) is 10.4. The predicted octanol–water partition coefficient (Wildman–Crippen LogP) is 1.60. The molecule has 16 heavy (non-hydrogen) atoms. The summed E-state index contributed by atoms with van der Waals surface area (Å²) in [6.45, 7) is 1.92. The number of phenolic OH excluding ortho intramolecular Hbond substituents is 1. The van der Waals surface area contributed by atoms with Crippen LogP contribution in [0.2, 0.25) is 0 Å². The Labute approximate surface area is 90.5 Å². The summed E-state index contributed by atoms with van der Waals surface area (Å²) in [6.07, 6.45) is 0. The molecule has 0 radical (unpaired) electrons.